The molecule has 2 heteroatoms. The summed E-state index contributed by atoms with van der Waals surface area (Å²) in [5.41, 5.74) is 0.682. The van der Waals surface area contributed by atoms with Crippen molar-refractivity contribution < 1.29 is 9.53 Å². The van der Waals surface area contributed by atoms with Gasteiger partial charge >= 0.3 is 0 Å². The van der Waals surface area contributed by atoms with E-state index in [1.165, 1.54) is 12.8 Å². The van der Waals surface area contributed by atoms with Crippen molar-refractivity contribution in [2.75, 3.05) is 0 Å². The third kappa shape index (κ3) is 2.55. The molecule has 2 nitrogen and oxygen atoms in total. The molecule has 0 amide bonds. The van der Waals surface area contributed by atoms with Gasteiger partial charge in [-0.05, 0) is 42.0 Å². The van der Waals surface area contributed by atoms with Crippen LogP contribution in [0.25, 0.3) is 10.8 Å². The van der Waals surface area contributed by atoms with Gasteiger partial charge in [-0.1, -0.05) is 43.7 Å². The molecule has 3 rings (SSSR count). The van der Waals surface area contributed by atoms with E-state index in [0.29, 0.717) is 11.5 Å². The highest BCUT2D eigenvalue weighted by molar-refractivity contribution is 6.00. The van der Waals surface area contributed by atoms with Gasteiger partial charge in [-0.2, -0.15) is 0 Å². The summed E-state index contributed by atoms with van der Waals surface area (Å²) in [6, 6.07) is 11.9. The molecule has 2 aromatic carbocycles. The molecule has 0 saturated heterocycles. The van der Waals surface area contributed by atoms with E-state index in [-0.39, 0.29) is 6.10 Å². The summed E-state index contributed by atoms with van der Waals surface area (Å²) in [5, 5.41) is 2.06. The third-order valence-corrected chi connectivity index (χ3v) is 4.23. The fraction of sp³-hybridized carbons (Fsp3) is 0.389. The maximum atomic E-state index is 11.5. The van der Waals surface area contributed by atoms with Gasteiger partial charge in [0.15, 0.2) is 6.29 Å². The lowest BCUT2D eigenvalue weighted by Gasteiger charge is -2.28. The third-order valence-electron chi connectivity index (χ3n) is 4.23. The first kappa shape index (κ1) is 13.2. The minimum atomic E-state index is 0.249. The second-order valence-corrected chi connectivity index (χ2v) is 5.83. The molecule has 1 aliphatic rings. The molecular weight excluding hydrogens is 248 g/mol. The Kier molecular flexibility index (Phi) is 3.72. The van der Waals surface area contributed by atoms with E-state index in [0.717, 1.165) is 35.6 Å². The number of carbonyl (C=O) groups excluding carboxylic acids is 1. The van der Waals surface area contributed by atoms with Crippen molar-refractivity contribution in [2.45, 2.75) is 38.7 Å². The SMILES string of the molecule is CC1CCCC(Oc2ccc3ccccc3c2C=O)C1. The van der Waals surface area contributed by atoms with Crippen LogP contribution >= 0.6 is 0 Å². The van der Waals surface area contributed by atoms with E-state index in [9.17, 15) is 4.79 Å². The largest absolute Gasteiger partial charge is 0.490 e. The summed E-state index contributed by atoms with van der Waals surface area (Å²) in [7, 11) is 0. The van der Waals surface area contributed by atoms with Crippen LogP contribution in [0.1, 0.15) is 43.0 Å². The number of rotatable bonds is 3. The van der Waals surface area contributed by atoms with Gasteiger partial charge in [0.2, 0.25) is 0 Å². The van der Waals surface area contributed by atoms with Gasteiger partial charge in [-0.25, -0.2) is 0 Å². The van der Waals surface area contributed by atoms with Crippen LogP contribution in [0.2, 0.25) is 0 Å². The topological polar surface area (TPSA) is 26.3 Å². The molecule has 1 aliphatic carbocycles. The Morgan fingerprint density at radius 1 is 1.15 bits per heavy atom. The highest BCUT2D eigenvalue weighted by Gasteiger charge is 2.21. The maximum Gasteiger partial charge on any atom is 0.154 e. The van der Waals surface area contributed by atoms with Crippen LogP contribution in [0.4, 0.5) is 0 Å². The van der Waals surface area contributed by atoms with Crippen molar-refractivity contribution >= 4 is 17.1 Å². The molecule has 2 unspecified atom stereocenters. The molecule has 0 bridgehead atoms. The molecule has 20 heavy (non-hydrogen) atoms. The first-order valence-electron chi connectivity index (χ1n) is 7.41. The quantitative estimate of drug-likeness (QED) is 0.760. The summed E-state index contributed by atoms with van der Waals surface area (Å²) in [6.45, 7) is 2.27. The molecule has 0 radical (unpaired) electrons. The average Bonchev–Trinajstić information content (AvgIpc) is 2.47. The number of ether oxygens (including phenoxy) is 1. The van der Waals surface area contributed by atoms with Crippen molar-refractivity contribution in [2.24, 2.45) is 5.92 Å². The fourth-order valence-corrected chi connectivity index (χ4v) is 3.16. The first-order chi connectivity index (χ1) is 9.78. The highest BCUT2D eigenvalue weighted by Crippen LogP contribution is 2.31. The van der Waals surface area contributed by atoms with Crippen LogP contribution in [-0.4, -0.2) is 12.4 Å². The van der Waals surface area contributed by atoms with Gasteiger partial charge in [0.25, 0.3) is 0 Å². The zero-order valence-corrected chi connectivity index (χ0v) is 11.8. The van der Waals surface area contributed by atoms with Gasteiger partial charge in [0.05, 0.1) is 11.7 Å². The molecule has 0 spiro atoms. The standard InChI is InChI=1S/C18H20O2/c1-13-5-4-7-15(11-13)20-18-10-9-14-6-2-3-8-16(14)17(18)12-19/h2-3,6,8-10,12-13,15H,4-5,7,11H2,1H3. The Morgan fingerprint density at radius 3 is 2.80 bits per heavy atom. The Hall–Kier alpha value is -1.83. The summed E-state index contributed by atoms with van der Waals surface area (Å²) >= 11 is 0. The normalized spacial score (nSPS) is 22.6. The van der Waals surface area contributed by atoms with Crippen molar-refractivity contribution in [3.63, 3.8) is 0 Å². The van der Waals surface area contributed by atoms with Crippen molar-refractivity contribution in [3.05, 3.63) is 42.0 Å². The summed E-state index contributed by atoms with van der Waals surface area (Å²) in [5.74, 6) is 1.45. The van der Waals surface area contributed by atoms with E-state index in [4.69, 9.17) is 4.74 Å². The molecule has 2 atom stereocenters. The molecule has 1 fully saturated rings. The monoisotopic (exact) mass is 268 g/mol. The predicted octanol–water partition coefficient (Wildman–Crippen LogP) is 4.61. The first-order valence-corrected chi connectivity index (χ1v) is 7.41. The molecule has 104 valence electrons. The molecule has 1 saturated carbocycles. The van der Waals surface area contributed by atoms with Gasteiger partial charge in [-0.3, -0.25) is 4.79 Å². The second kappa shape index (κ2) is 5.66. The molecule has 2 aromatic rings. The zero-order valence-electron chi connectivity index (χ0n) is 11.8. The van der Waals surface area contributed by atoms with Crippen LogP contribution in [0, 0.1) is 5.92 Å². The van der Waals surface area contributed by atoms with E-state index < -0.39 is 0 Å². The van der Waals surface area contributed by atoms with Gasteiger partial charge in [0.1, 0.15) is 5.75 Å². The number of hydrogen-bond donors (Lipinski definition) is 0. The van der Waals surface area contributed by atoms with E-state index >= 15 is 0 Å². The predicted molar refractivity (Wildman–Crippen MR) is 81.4 cm³/mol. The van der Waals surface area contributed by atoms with E-state index in [1.54, 1.807) is 0 Å². The Labute approximate surface area is 119 Å². The molecule has 0 aromatic heterocycles. The molecule has 0 aliphatic heterocycles. The lowest BCUT2D eigenvalue weighted by molar-refractivity contribution is 0.110. The lowest BCUT2D eigenvalue weighted by atomic mass is 9.88. The van der Waals surface area contributed by atoms with Crippen molar-refractivity contribution in [1.82, 2.24) is 0 Å². The smallest absolute Gasteiger partial charge is 0.154 e. The van der Waals surface area contributed by atoms with Crippen LogP contribution in [-0.2, 0) is 0 Å². The minimum Gasteiger partial charge on any atom is -0.490 e. The van der Waals surface area contributed by atoms with Crippen LogP contribution in [0.5, 0.6) is 5.75 Å². The summed E-state index contributed by atoms with van der Waals surface area (Å²) in [6.07, 6.45) is 5.86. The highest BCUT2D eigenvalue weighted by atomic mass is 16.5. The summed E-state index contributed by atoms with van der Waals surface area (Å²) in [4.78, 5) is 11.5. The van der Waals surface area contributed by atoms with Gasteiger partial charge in [0, 0.05) is 0 Å². The van der Waals surface area contributed by atoms with Crippen LogP contribution in [0.3, 0.4) is 0 Å². The number of benzene rings is 2. The second-order valence-electron chi connectivity index (χ2n) is 5.83. The number of fused-ring (bicyclic) bond motifs is 1. The van der Waals surface area contributed by atoms with E-state index in [2.05, 4.69) is 6.92 Å². The maximum absolute atomic E-state index is 11.5. The van der Waals surface area contributed by atoms with Gasteiger partial charge < -0.3 is 4.74 Å². The lowest BCUT2D eigenvalue weighted by Crippen LogP contribution is -2.24. The molecular formula is C18H20O2. The summed E-state index contributed by atoms with van der Waals surface area (Å²) < 4.78 is 6.12. The Balaban J connectivity index is 1.93. The Bertz CT molecular complexity index is 618. The fourth-order valence-electron chi connectivity index (χ4n) is 3.16. The number of hydrogen-bond acceptors (Lipinski definition) is 2. The molecule has 0 heterocycles. The number of carbonyl (C=O) groups is 1. The van der Waals surface area contributed by atoms with E-state index in [1.807, 2.05) is 36.4 Å². The van der Waals surface area contributed by atoms with Crippen LogP contribution in [0.15, 0.2) is 36.4 Å². The molecule has 0 N–H and O–H groups in total. The minimum absolute atomic E-state index is 0.249. The zero-order chi connectivity index (χ0) is 13.9. The number of aldehydes is 1. The average molecular weight is 268 g/mol. The Morgan fingerprint density at radius 2 is 2.00 bits per heavy atom. The van der Waals surface area contributed by atoms with Crippen LogP contribution < -0.4 is 4.74 Å². The van der Waals surface area contributed by atoms with Gasteiger partial charge in [-0.15, -0.1) is 0 Å². The van der Waals surface area contributed by atoms with Crippen molar-refractivity contribution in [1.29, 1.82) is 0 Å². The van der Waals surface area contributed by atoms with Crippen molar-refractivity contribution in [3.8, 4) is 5.75 Å².